The van der Waals surface area contributed by atoms with Gasteiger partial charge in [0.25, 0.3) is 10.0 Å². The highest BCUT2D eigenvalue weighted by Crippen LogP contribution is 2.27. The molecule has 1 aliphatic carbocycles. The van der Waals surface area contributed by atoms with Crippen molar-refractivity contribution < 1.29 is 12.8 Å². The molecule has 3 aromatic rings. The smallest absolute Gasteiger partial charge is 0.261 e. The van der Waals surface area contributed by atoms with Crippen LogP contribution >= 0.6 is 0 Å². The van der Waals surface area contributed by atoms with E-state index in [1.807, 2.05) is 0 Å². The number of nitrogens with zero attached hydrogens (tertiary/aromatic N) is 3. The molecule has 1 unspecified atom stereocenters. The molecule has 4 rings (SSSR count). The van der Waals surface area contributed by atoms with Crippen LogP contribution in [0.25, 0.3) is 11.5 Å². The van der Waals surface area contributed by atoms with Gasteiger partial charge < -0.3 is 9.73 Å². The van der Waals surface area contributed by atoms with Crippen LogP contribution in [-0.4, -0.2) is 29.6 Å². The number of aromatic nitrogens is 3. The zero-order valence-electron chi connectivity index (χ0n) is 19.1. The zero-order valence-corrected chi connectivity index (χ0v) is 19.9. The van der Waals surface area contributed by atoms with Crippen LogP contribution < -0.4 is 10.0 Å². The monoisotopic (exact) mass is 469 g/mol. The lowest BCUT2D eigenvalue weighted by atomic mass is 9.85. The maximum absolute atomic E-state index is 13.0. The number of rotatable bonds is 9. The molecule has 1 aromatic carbocycles. The summed E-state index contributed by atoms with van der Waals surface area (Å²) in [5.41, 5.74) is 1.81. The van der Waals surface area contributed by atoms with Crippen LogP contribution in [0.3, 0.4) is 0 Å². The minimum Gasteiger partial charge on any atom is -0.421 e. The molecule has 2 N–H and O–H groups in total. The summed E-state index contributed by atoms with van der Waals surface area (Å²) in [6.07, 6.45) is 9.46. The average Bonchev–Trinajstić information content (AvgIpc) is 3.25. The molecular formula is C24H31N5O3S. The van der Waals surface area contributed by atoms with E-state index in [1.165, 1.54) is 44.2 Å². The molecule has 0 saturated heterocycles. The van der Waals surface area contributed by atoms with E-state index in [1.54, 1.807) is 37.4 Å². The van der Waals surface area contributed by atoms with Crippen LogP contribution in [-0.2, 0) is 16.6 Å². The molecule has 2 heterocycles. The normalized spacial score (nSPS) is 15.9. The summed E-state index contributed by atoms with van der Waals surface area (Å²) in [5.74, 6) is 1.59. The van der Waals surface area contributed by atoms with E-state index in [-0.39, 0.29) is 4.90 Å². The molecular weight excluding hydrogens is 438 g/mol. The SMILES string of the molecule is Cc1nnc(-c2ccc(S(=O)(=O)Nc3cccnc3CNC(C)CC3CCCCC3)cc2)o1. The Bertz CT molecular complexity index is 1150. The summed E-state index contributed by atoms with van der Waals surface area (Å²) in [6.45, 7) is 4.40. The lowest BCUT2D eigenvalue weighted by Crippen LogP contribution is -2.29. The fourth-order valence-electron chi connectivity index (χ4n) is 4.34. The standard InChI is InChI=1S/C24H31N5O3S/c1-17(15-19-7-4-3-5-8-19)26-16-23-22(9-6-14-25-23)29-33(30,31)21-12-10-20(11-13-21)24-28-27-18(2)32-24/h6,9-14,17,19,26,29H,3-5,7-8,15-16H2,1-2H3. The summed E-state index contributed by atoms with van der Waals surface area (Å²) in [5, 5.41) is 11.3. The summed E-state index contributed by atoms with van der Waals surface area (Å²) in [6, 6.07) is 10.2. The summed E-state index contributed by atoms with van der Waals surface area (Å²) >= 11 is 0. The predicted molar refractivity (Wildman–Crippen MR) is 127 cm³/mol. The first-order valence-corrected chi connectivity index (χ1v) is 13.0. The van der Waals surface area contributed by atoms with Crippen molar-refractivity contribution in [1.29, 1.82) is 0 Å². The van der Waals surface area contributed by atoms with Crippen LogP contribution in [0.1, 0.15) is 57.0 Å². The van der Waals surface area contributed by atoms with Crippen LogP contribution in [0.4, 0.5) is 5.69 Å². The van der Waals surface area contributed by atoms with Crippen molar-refractivity contribution in [2.24, 2.45) is 5.92 Å². The highest BCUT2D eigenvalue weighted by atomic mass is 32.2. The molecule has 33 heavy (non-hydrogen) atoms. The largest absolute Gasteiger partial charge is 0.421 e. The molecule has 9 heteroatoms. The van der Waals surface area contributed by atoms with E-state index < -0.39 is 10.0 Å². The Morgan fingerprint density at radius 1 is 1.09 bits per heavy atom. The average molecular weight is 470 g/mol. The second kappa shape index (κ2) is 10.4. The highest BCUT2D eigenvalue weighted by molar-refractivity contribution is 7.92. The fourth-order valence-corrected chi connectivity index (χ4v) is 5.43. The Balaban J connectivity index is 1.40. The van der Waals surface area contributed by atoms with Gasteiger partial charge in [0.2, 0.25) is 11.8 Å². The van der Waals surface area contributed by atoms with Gasteiger partial charge in [-0.05, 0) is 55.7 Å². The summed E-state index contributed by atoms with van der Waals surface area (Å²) < 4.78 is 34.1. The predicted octanol–water partition coefficient (Wildman–Crippen LogP) is 4.69. The molecule has 8 nitrogen and oxygen atoms in total. The molecule has 1 atom stereocenters. The number of nitrogens with one attached hydrogen (secondary N) is 2. The van der Waals surface area contributed by atoms with E-state index in [0.717, 1.165) is 12.3 Å². The Hall–Kier alpha value is -2.78. The number of aryl methyl sites for hydroxylation is 1. The van der Waals surface area contributed by atoms with Crippen molar-refractivity contribution in [3.05, 3.63) is 54.2 Å². The van der Waals surface area contributed by atoms with Crippen molar-refractivity contribution in [2.45, 2.75) is 69.9 Å². The number of benzene rings is 1. The molecule has 0 aliphatic heterocycles. The second-order valence-electron chi connectivity index (χ2n) is 8.78. The van der Waals surface area contributed by atoms with Crippen molar-refractivity contribution in [3.8, 4) is 11.5 Å². The third kappa shape index (κ3) is 6.17. The van der Waals surface area contributed by atoms with Crippen molar-refractivity contribution in [3.63, 3.8) is 0 Å². The summed E-state index contributed by atoms with van der Waals surface area (Å²) in [4.78, 5) is 4.56. The maximum Gasteiger partial charge on any atom is 0.261 e. The van der Waals surface area contributed by atoms with E-state index in [9.17, 15) is 8.42 Å². The third-order valence-electron chi connectivity index (χ3n) is 6.10. The van der Waals surface area contributed by atoms with Crippen LogP contribution in [0.15, 0.2) is 51.9 Å². The molecule has 1 saturated carbocycles. The Kier molecular flexibility index (Phi) is 7.39. The van der Waals surface area contributed by atoms with Gasteiger partial charge >= 0.3 is 0 Å². The Labute approximate surface area is 195 Å². The fraction of sp³-hybridized carbons (Fsp3) is 0.458. The quantitative estimate of drug-likeness (QED) is 0.468. The van der Waals surface area contributed by atoms with E-state index in [2.05, 4.69) is 32.1 Å². The number of hydrogen-bond acceptors (Lipinski definition) is 7. The molecule has 0 amide bonds. The molecule has 0 radical (unpaired) electrons. The van der Waals surface area contributed by atoms with Gasteiger partial charge in [-0.25, -0.2) is 8.42 Å². The molecule has 0 bridgehead atoms. The molecule has 1 aliphatic rings. The third-order valence-corrected chi connectivity index (χ3v) is 7.48. The van der Waals surface area contributed by atoms with Crippen LogP contribution in [0.5, 0.6) is 0 Å². The van der Waals surface area contributed by atoms with Gasteiger partial charge in [0.15, 0.2) is 0 Å². The van der Waals surface area contributed by atoms with Gasteiger partial charge in [0.05, 0.1) is 16.3 Å². The van der Waals surface area contributed by atoms with Crippen molar-refractivity contribution in [1.82, 2.24) is 20.5 Å². The first-order chi connectivity index (χ1) is 15.9. The van der Waals surface area contributed by atoms with Gasteiger partial charge in [-0.3, -0.25) is 9.71 Å². The summed E-state index contributed by atoms with van der Waals surface area (Å²) in [7, 11) is -3.78. The molecule has 1 fully saturated rings. The van der Waals surface area contributed by atoms with Crippen molar-refractivity contribution in [2.75, 3.05) is 4.72 Å². The number of anilines is 1. The first-order valence-electron chi connectivity index (χ1n) is 11.5. The van der Waals surface area contributed by atoms with Gasteiger partial charge in [-0.2, -0.15) is 0 Å². The van der Waals surface area contributed by atoms with Crippen LogP contribution in [0.2, 0.25) is 0 Å². The Morgan fingerprint density at radius 2 is 1.85 bits per heavy atom. The first kappa shape index (κ1) is 23.4. The Morgan fingerprint density at radius 3 is 2.55 bits per heavy atom. The lowest BCUT2D eigenvalue weighted by molar-refractivity contribution is 0.304. The van der Waals surface area contributed by atoms with Gasteiger partial charge in [0.1, 0.15) is 0 Å². The van der Waals surface area contributed by atoms with E-state index in [4.69, 9.17) is 4.42 Å². The molecule has 2 aromatic heterocycles. The highest BCUT2D eigenvalue weighted by Gasteiger charge is 2.19. The van der Waals surface area contributed by atoms with Gasteiger partial charge in [0, 0.05) is 31.3 Å². The maximum atomic E-state index is 13.0. The zero-order chi connectivity index (χ0) is 23.3. The minimum absolute atomic E-state index is 0.149. The van der Waals surface area contributed by atoms with Crippen molar-refractivity contribution >= 4 is 15.7 Å². The van der Waals surface area contributed by atoms with E-state index >= 15 is 0 Å². The topological polar surface area (TPSA) is 110 Å². The lowest BCUT2D eigenvalue weighted by Gasteiger charge is -2.25. The molecule has 0 spiro atoms. The van der Waals surface area contributed by atoms with E-state index in [0.29, 0.717) is 41.3 Å². The second-order valence-corrected chi connectivity index (χ2v) is 10.5. The van der Waals surface area contributed by atoms with Gasteiger partial charge in [-0.15, -0.1) is 10.2 Å². The number of pyridine rings is 1. The number of hydrogen-bond donors (Lipinski definition) is 2. The van der Waals surface area contributed by atoms with Gasteiger partial charge in [-0.1, -0.05) is 32.1 Å². The minimum atomic E-state index is -3.78. The number of sulfonamides is 1. The molecule has 176 valence electrons. The van der Waals surface area contributed by atoms with Crippen LogP contribution in [0, 0.1) is 12.8 Å².